The van der Waals surface area contributed by atoms with E-state index in [4.69, 9.17) is 0 Å². The van der Waals surface area contributed by atoms with Crippen LogP contribution in [0, 0.1) is 0 Å². The van der Waals surface area contributed by atoms with Gasteiger partial charge in [-0.25, -0.2) is 4.79 Å². The predicted molar refractivity (Wildman–Crippen MR) is 71.4 cm³/mol. The van der Waals surface area contributed by atoms with E-state index >= 15 is 0 Å². The Balaban J connectivity index is 2.84. The Morgan fingerprint density at radius 1 is 1.30 bits per heavy atom. The van der Waals surface area contributed by atoms with Crippen molar-refractivity contribution >= 4 is 23.5 Å². The number of hydrogen-bond donors (Lipinski definition) is 2. The van der Waals surface area contributed by atoms with Crippen LogP contribution in [0.3, 0.4) is 0 Å². The van der Waals surface area contributed by atoms with E-state index in [0.717, 1.165) is 0 Å². The summed E-state index contributed by atoms with van der Waals surface area (Å²) >= 11 is 0. The molecule has 0 atom stereocenters. The molecule has 0 saturated carbocycles. The number of phenols is 1. The monoisotopic (exact) mass is 280 g/mol. The highest BCUT2D eigenvalue weighted by Gasteiger charge is 2.15. The number of carbonyl (C=O) groups is 3. The summed E-state index contributed by atoms with van der Waals surface area (Å²) in [6.07, 6.45) is -0.352. The fourth-order valence-corrected chi connectivity index (χ4v) is 1.37. The fraction of sp³-hybridized carbons (Fsp3) is 0.308. The first-order chi connectivity index (χ1) is 9.35. The molecule has 20 heavy (non-hydrogen) atoms. The first-order valence-electron chi connectivity index (χ1n) is 5.76. The molecule has 7 nitrogen and oxygen atoms in total. The maximum absolute atomic E-state index is 11.6. The van der Waals surface area contributed by atoms with Gasteiger partial charge in [-0.2, -0.15) is 0 Å². The van der Waals surface area contributed by atoms with Crippen LogP contribution in [0.1, 0.15) is 16.8 Å². The van der Waals surface area contributed by atoms with Crippen LogP contribution in [-0.4, -0.2) is 49.0 Å². The summed E-state index contributed by atoms with van der Waals surface area (Å²) in [5, 5.41) is 12.0. The zero-order chi connectivity index (χ0) is 15.3. The van der Waals surface area contributed by atoms with Gasteiger partial charge < -0.3 is 20.1 Å². The molecular weight excluding hydrogens is 264 g/mol. The van der Waals surface area contributed by atoms with Crippen LogP contribution >= 0.6 is 0 Å². The molecule has 0 unspecified atom stereocenters. The van der Waals surface area contributed by atoms with Crippen molar-refractivity contribution in [1.29, 1.82) is 0 Å². The lowest BCUT2D eigenvalue weighted by atomic mass is 10.2. The summed E-state index contributed by atoms with van der Waals surface area (Å²) < 4.78 is 4.54. The zero-order valence-corrected chi connectivity index (χ0v) is 11.5. The summed E-state index contributed by atoms with van der Waals surface area (Å²) in [4.78, 5) is 35.7. The van der Waals surface area contributed by atoms with E-state index in [1.54, 1.807) is 0 Å². The molecule has 0 radical (unpaired) electrons. The van der Waals surface area contributed by atoms with Crippen molar-refractivity contribution in [3.8, 4) is 5.75 Å². The van der Waals surface area contributed by atoms with Gasteiger partial charge in [-0.3, -0.25) is 9.59 Å². The summed E-state index contributed by atoms with van der Waals surface area (Å²) in [6, 6.07) is 3.90. The van der Waals surface area contributed by atoms with Crippen molar-refractivity contribution in [2.45, 2.75) is 6.42 Å². The van der Waals surface area contributed by atoms with Crippen molar-refractivity contribution in [2.24, 2.45) is 0 Å². The molecule has 7 heteroatoms. The molecule has 0 aliphatic carbocycles. The maximum atomic E-state index is 11.6. The third kappa shape index (κ3) is 3.98. The summed E-state index contributed by atoms with van der Waals surface area (Å²) in [5.74, 6) is -1.75. The van der Waals surface area contributed by atoms with Crippen LogP contribution < -0.4 is 5.32 Å². The van der Waals surface area contributed by atoms with Gasteiger partial charge in [-0.1, -0.05) is 0 Å². The number of esters is 1. The zero-order valence-electron chi connectivity index (χ0n) is 11.5. The lowest BCUT2D eigenvalue weighted by Crippen LogP contribution is -2.27. The first-order valence-corrected chi connectivity index (χ1v) is 5.76. The molecule has 2 N–H and O–H groups in total. The van der Waals surface area contributed by atoms with Gasteiger partial charge in [0.1, 0.15) is 12.2 Å². The molecule has 0 heterocycles. The first kappa shape index (κ1) is 15.5. The number of methoxy groups -OCH3 is 1. The number of anilines is 1. The topological polar surface area (TPSA) is 95.9 Å². The van der Waals surface area contributed by atoms with Crippen LogP contribution in [0.25, 0.3) is 0 Å². The lowest BCUT2D eigenvalue weighted by molar-refractivity contribution is -0.132. The number of hydrogen-bond acceptors (Lipinski definition) is 5. The van der Waals surface area contributed by atoms with Gasteiger partial charge in [-0.15, -0.1) is 0 Å². The number of nitrogens with one attached hydrogen (secondary N) is 1. The smallest absolute Gasteiger partial charge is 0.337 e. The van der Waals surface area contributed by atoms with Crippen LogP contribution in [0.15, 0.2) is 18.2 Å². The second-order valence-electron chi connectivity index (χ2n) is 4.24. The Morgan fingerprint density at radius 2 is 1.95 bits per heavy atom. The molecule has 0 aliphatic heterocycles. The minimum atomic E-state index is -0.593. The summed E-state index contributed by atoms with van der Waals surface area (Å²) in [5.41, 5.74) is 0.226. The van der Waals surface area contributed by atoms with Gasteiger partial charge >= 0.3 is 5.97 Å². The minimum Gasteiger partial charge on any atom is -0.506 e. The van der Waals surface area contributed by atoms with E-state index in [1.807, 2.05) is 0 Å². The third-order valence-electron chi connectivity index (χ3n) is 2.50. The van der Waals surface area contributed by atoms with E-state index in [9.17, 15) is 19.5 Å². The minimum absolute atomic E-state index is 0.0458. The number of rotatable bonds is 4. The van der Waals surface area contributed by atoms with Gasteiger partial charge in [0.05, 0.1) is 18.4 Å². The molecule has 0 aromatic heterocycles. The number of phenolic OH excluding ortho intramolecular Hbond substituents is 1. The molecule has 0 spiro atoms. The largest absolute Gasteiger partial charge is 0.506 e. The number of amides is 2. The quantitative estimate of drug-likeness (QED) is 0.478. The molecule has 1 rings (SSSR count). The number of benzene rings is 1. The van der Waals surface area contributed by atoms with Crippen LogP contribution in [-0.2, 0) is 14.3 Å². The number of aromatic hydroxyl groups is 1. The normalized spacial score (nSPS) is 9.75. The second-order valence-corrected chi connectivity index (χ2v) is 4.24. The number of ether oxygens (including phenoxy) is 1. The predicted octanol–water partition coefficient (Wildman–Crippen LogP) is 0.596. The van der Waals surface area contributed by atoms with Crippen molar-refractivity contribution in [2.75, 3.05) is 26.5 Å². The van der Waals surface area contributed by atoms with Crippen molar-refractivity contribution in [1.82, 2.24) is 4.90 Å². The molecule has 0 saturated heterocycles. The molecular formula is C13H16N2O5. The standard InChI is InChI=1S/C13H16N2O5/c1-15(2)12(18)7-11(17)14-9-6-8(13(19)20-3)4-5-10(9)16/h4-6,16H,7H2,1-3H3,(H,14,17). The number of nitrogens with zero attached hydrogens (tertiary/aromatic N) is 1. The molecule has 0 fully saturated rings. The highest BCUT2D eigenvalue weighted by Crippen LogP contribution is 2.24. The van der Waals surface area contributed by atoms with Crippen molar-refractivity contribution < 1.29 is 24.2 Å². The summed E-state index contributed by atoms with van der Waals surface area (Å²) in [6.45, 7) is 0. The fourth-order valence-electron chi connectivity index (χ4n) is 1.37. The number of carbonyl (C=O) groups excluding carboxylic acids is 3. The van der Waals surface area contributed by atoms with E-state index in [0.29, 0.717) is 0 Å². The van der Waals surface area contributed by atoms with Gasteiger partial charge in [0.15, 0.2) is 0 Å². The maximum Gasteiger partial charge on any atom is 0.337 e. The molecule has 1 aromatic carbocycles. The average Bonchev–Trinajstić information content (AvgIpc) is 2.40. The third-order valence-corrected chi connectivity index (χ3v) is 2.50. The Morgan fingerprint density at radius 3 is 2.50 bits per heavy atom. The van der Waals surface area contributed by atoms with Gasteiger partial charge in [-0.05, 0) is 18.2 Å². The van der Waals surface area contributed by atoms with Crippen LogP contribution in [0.5, 0.6) is 5.75 Å². The van der Waals surface area contributed by atoms with Crippen LogP contribution in [0.4, 0.5) is 5.69 Å². The van der Waals surface area contributed by atoms with E-state index in [2.05, 4.69) is 10.1 Å². The van der Waals surface area contributed by atoms with E-state index in [1.165, 1.54) is 44.3 Å². The average molecular weight is 280 g/mol. The van der Waals surface area contributed by atoms with E-state index < -0.39 is 11.9 Å². The SMILES string of the molecule is COC(=O)c1ccc(O)c(NC(=O)CC(=O)N(C)C)c1. The lowest BCUT2D eigenvalue weighted by Gasteiger charge is -2.11. The van der Waals surface area contributed by atoms with Gasteiger partial charge in [0.2, 0.25) is 11.8 Å². The molecule has 0 aliphatic rings. The van der Waals surface area contributed by atoms with Crippen molar-refractivity contribution in [3.63, 3.8) is 0 Å². The van der Waals surface area contributed by atoms with E-state index in [-0.39, 0.29) is 29.3 Å². The Labute approximate surface area is 116 Å². The molecule has 0 bridgehead atoms. The highest BCUT2D eigenvalue weighted by molar-refractivity contribution is 6.04. The second kappa shape index (κ2) is 6.55. The molecule has 2 amide bonds. The highest BCUT2D eigenvalue weighted by atomic mass is 16.5. The van der Waals surface area contributed by atoms with Crippen molar-refractivity contribution in [3.05, 3.63) is 23.8 Å². The summed E-state index contributed by atoms with van der Waals surface area (Å²) in [7, 11) is 4.29. The molecule has 108 valence electrons. The Hall–Kier alpha value is -2.57. The Kier molecular flexibility index (Phi) is 5.08. The Bertz CT molecular complexity index is 540. The van der Waals surface area contributed by atoms with Gasteiger partial charge in [0, 0.05) is 14.1 Å². The van der Waals surface area contributed by atoms with Gasteiger partial charge in [0.25, 0.3) is 0 Å². The molecule has 1 aromatic rings. The van der Waals surface area contributed by atoms with Crippen LogP contribution in [0.2, 0.25) is 0 Å².